The number of hydrogen-bond acceptors (Lipinski definition) is 6. The van der Waals surface area contributed by atoms with E-state index in [1.807, 2.05) is 35.9 Å². The zero-order chi connectivity index (χ0) is 38.1. The van der Waals surface area contributed by atoms with Gasteiger partial charge in [-0.15, -0.1) is 0 Å². The van der Waals surface area contributed by atoms with E-state index < -0.39 is 5.41 Å². The van der Waals surface area contributed by atoms with E-state index in [0.717, 1.165) is 43.7 Å². The molecule has 0 fully saturated rings. The summed E-state index contributed by atoms with van der Waals surface area (Å²) in [5.74, 6) is 0. The molecule has 1 spiro atoms. The largest absolute Gasteiger partial charge is 0.269 e. The van der Waals surface area contributed by atoms with Crippen molar-refractivity contribution in [1.82, 2.24) is 9.97 Å². The van der Waals surface area contributed by atoms with E-state index in [1.165, 1.54) is 44.5 Å². The Bertz CT molecular complexity index is 2460. The highest BCUT2D eigenvalue weighted by molar-refractivity contribution is 8.16. The maximum atomic E-state index is 5.08. The van der Waals surface area contributed by atoms with E-state index in [0.29, 0.717) is 0 Å². The van der Waals surface area contributed by atoms with Gasteiger partial charge in [0.1, 0.15) is 10.1 Å². The second-order valence-corrected chi connectivity index (χ2v) is 20.6. The molecular formula is C49H44N4S2. The lowest BCUT2D eigenvalue weighted by Gasteiger charge is -2.31. The molecule has 0 unspecified atom stereocenters. The number of hydrogen-bond donors (Lipinski definition) is 0. The highest BCUT2D eigenvalue weighted by Crippen LogP contribution is 2.63. The molecule has 4 aromatic carbocycles. The zero-order valence-corrected chi connectivity index (χ0v) is 34.3. The van der Waals surface area contributed by atoms with Gasteiger partial charge >= 0.3 is 0 Å². The van der Waals surface area contributed by atoms with Crippen molar-refractivity contribution in [2.75, 3.05) is 0 Å². The second-order valence-electron chi connectivity index (χ2n) is 17.4. The molecule has 4 nitrogen and oxygen atoms in total. The number of benzene rings is 4. The number of rotatable bonds is 4. The predicted molar refractivity (Wildman–Crippen MR) is 234 cm³/mol. The van der Waals surface area contributed by atoms with Crippen molar-refractivity contribution < 1.29 is 0 Å². The van der Waals surface area contributed by atoms with Crippen LogP contribution in [-0.2, 0) is 5.41 Å². The molecule has 4 heterocycles. The number of thioether (sulfide) groups is 2. The van der Waals surface area contributed by atoms with Crippen molar-refractivity contribution in [3.05, 3.63) is 155 Å². The molecule has 0 atom stereocenters. The number of pyridine rings is 2. The van der Waals surface area contributed by atoms with E-state index in [4.69, 9.17) is 20.0 Å². The van der Waals surface area contributed by atoms with Crippen LogP contribution in [0.15, 0.2) is 132 Å². The van der Waals surface area contributed by atoms with E-state index in [2.05, 4.69) is 165 Å². The highest BCUT2D eigenvalue weighted by atomic mass is 32.2. The lowest BCUT2D eigenvalue weighted by molar-refractivity contribution is 0.426. The molecule has 2 aromatic heterocycles. The molecule has 55 heavy (non-hydrogen) atoms. The number of fused-ring (bicyclic) bond motifs is 10. The zero-order valence-electron chi connectivity index (χ0n) is 32.7. The van der Waals surface area contributed by atoms with Crippen LogP contribution in [0.25, 0.3) is 44.5 Å². The summed E-state index contributed by atoms with van der Waals surface area (Å²) < 4.78 is 0.0248. The van der Waals surface area contributed by atoms with Gasteiger partial charge in [0.2, 0.25) is 0 Å². The Labute approximate surface area is 333 Å². The lowest BCUT2D eigenvalue weighted by Crippen LogP contribution is -2.36. The Balaban J connectivity index is 1.10. The molecule has 0 saturated heterocycles. The molecule has 0 amide bonds. The van der Waals surface area contributed by atoms with Crippen LogP contribution < -0.4 is 0 Å². The Morgan fingerprint density at radius 2 is 0.782 bits per heavy atom. The lowest BCUT2D eigenvalue weighted by atomic mass is 9.70. The molecule has 0 N–H and O–H groups in total. The van der Waals surface area contributed by atoms with Crippen molar-refractivity contribution in [1.29, 1.82) is 0 Å². The Kier molecular flexibility index (Phi) is 7.33. The standard InChI is InChI=1S/C49H44N4S2/c1-45(2)47(5,6)54-43(52-45)41-23-19-31(27-50-41)29-17-21-35-36-22-18-30(32-20-24-42(51-28-32)44-53-46(3,4)48(7,8)55-44)26-40(36)49(39(35)25-29)37-15-11-9-13-33(37)34-14-10-12-16-38(34)49/h9-28H,1-8H3. The molecule has 10 rings (SSSR count). The summed E-state index contributed by atoms with van der Waals surface area (Å²) in [6, 6.07) is 40.7. The first kappa shape index (κ1) is 34.7. The third-order valence-electron chi connectivity index (χ3n) is 13.1. The van der Waals surface area contributed by atoms with E-state index in [1.54, 1.807) is 0 Å². The fourth-order valence-corrected chi connectivity index (χ4v) is 11.2. The quantitative estimate of drug-likeness (QED) is 0.180. The fourth-order valence-electron chi connectivity index (χ4n) is 8.66. The third-order valence-corrected chi connectivity index (χ3v) is 16.1. The van der Waals surface area contributed by atoms with Crippen LogP contribution in [0, 0.1) is 0 Å². The van der Waals surface area contributed by atoms with Crippen molar-refractivity contribution >= 4 is 33.6 Å². The van der Waals surface area contributed by atoms with Gasteiger partial charge in [0.15, 0.2) is 0 Å². The minimum absolute atomic E-state index is 0.0124. The van der Waals surface area contributed by atoms with E-state index in [9.17, 15) is 0 Å². The summed E-state index contributed by atoms with van der Waals surface area (Å²) in [4.78, 5) is 20.1. The molecule has 0 bridgehead atoms. The van der Waals surface area contributed by atoms with Gasteiger partial charge in [-0.3, -0.25) is 20.0 Å². The van der Waals surface area contributed by atoms with Crippen LogP contribution in [0.3, 0.4) is 0 Å². The summed E-state index contributed by atoms with van der Waals surface area (Å²) in [6.07, 6.45) is 4.05. The SMILES string of the molecule is CC1(C)N=C(c2ccc(-c3ccc4c(c3)C3(c5ccccc5-c5ccccc53)c3cc(-c5ccc(C6=NC(C)(C)C(C)(C)S6)nc5)ccc3-4)cn2)SC1(C)C. The van der Waals surface area contributed by atoms with Gasteiger partial charge in [0, 0.05) is 33.0 Å². The van der Waals surface area contributed by atoms with Gasteiger partial charge in [-0.05, 0) is 135 Å². The smallest absolute Gasteiger partial charge is 0.117 e. The van der Waals surface area contributed by atoms with Gasteiger partial charge in [0.05, 0.1) is 27.9 Å². The van der Waals surface area contributed by atoms with Gasteiger partial charge < -0.3 is 0 Å². The minimum atomic E-state index is -0.469. The van der Waals surface area contributed by atoms with Crippen molar-refractivity contribution in [3.63, 3.8) is 0 Å². The summed E-state index contributed by atoms with van der Waals surface area (Å²) in [7, 11) is 0. The summed E-state index contributed by atoms with van der Waals surface area (Å²) in [5, 5.41) is 2.03. The molecule has 0 saturated carbocycles. The molecule has 6 aromatic rings. The normalized spacial score (nSPS) is 19.7. The highest BCUT2D eigenvalue weighted by Gasteiger charge is 2.52. The molecule has 4 aliphatic rings. The van der Waals surface area contributed by atoms with E-state index in [-0.39, 0.29) is 20.6 Å². The third kappa shape index (κ3) is 4.93. The van der Waals surface area contributed by atoms with Crippen LogP contribution in [0.1, 0.15) is 89.0 Å². The van der Waals surface area contributed by atoms with Gasteiger partial charge in [-0.2, -0.15) is 0 Å². The predicted octanol–water partition coefficient (Wildman–Crippen LogP) is 12.3. The molecule has 0 radical (unpaired) electrons. The van der Waals surface area contributed by atoms with Crippen LogP contribution in [0.2, 0.25) is 0 Å². The molecule has 272 valence electrons. The molecule has 6 heteroatoms. The first-order chi connectivity index (χ1) is 26.2. The number of aromatic nitrogens is 2. The van der Waals surface area contributed by atoms with Crippen molar-refractivity contribution in [2.24, 2.45) is 9.98 Å². The van der Waals surface area contributed by atoms with Gasteiger partial charge in [-0.25, -0.2) is 0 Å². The topological polar surface area (TPSA) is 50.5 Å². The van der Waals surface area contributed by atoms with Gasteiger partial charge in [-0.1, -0.05) is 108 Å². The average Bonchev–Trinajstić information content (AvgIpc) is 3.79. The first-order valence-corrected chi connectivity index (χ1v) is 20.8. The van der Waals surface area contributed by atoms with Crippen LogP contribution >= 0.6 is 23.5 Å². The molecular weight excluding hydrogens is 709 g/mol. The van der Waals surface area contributed by atoms with Crippen molar-refractivity contribution in [3.8, 4) is 44.5 Å². The molecule has 2 aliphatic heterocycles. The van der Waals surface area contributed by atoms with Crippen LogP contribution in [0.4, 0.5) is 0 Å². The average molecular weight is 753 g/mol. The number of aliphatic imine (C=N–C) groups is 2. The summed E-state index contributed by atoms with van der Waals surface area (Å²) >= 11 is 3.64. The van der Waals surface area contributed by atoms with Crippen molar-refractivity contribution in [2.45, 2.75) is 81.4 Å². The van der Waals surface area contributed by atoms with Crippen LogP contribution in [0.5, 0.6) is 0 Å². The summed E-state index contributed by atoms with van der Waals surface area (Å²) in [5.41, 5.74) is 16.1. The van der Waals surface area contributed by atoms with Crippen LogP contribution in [-0.4, -0.2) is 40.6 Å². The Morgan fingerprint density at radius 1 is 0.400 bits per heavy atom. The monoisotopic (exact) mass is 752 g/mol. The maximum absolute atomic E-state index is 5.08. The Morgan fingerprint density at radius 3 is 1.15 bits per heavy atom. The minimum Gasteiger partial charge on any atom is -0.269 e. The number of nitrogens with zero attached hydrogens (tertiary/aromatic N) is 4. The van der Waals surface area contributed by atoms with Gasteiger partial charge in [0.25, 0.3) is 0 Å². The Hall–Kier alpha value is -4.78. The fraction of sp³-hybridized carbons (Fsp3) is 0.265. The maximum Gasteiger partial charge on any atom is 0.117 e. The molecule has 2 aliphatic carbocycles. The second kappa shape index (κ2) is 11.6. The summed E-state index contributed by atoms with van der Waals surface area (Å²) in [6.45, 7) is 17.9. The van der Waals surface area contributed by atoms with E-state index >= 15 is 0 Å². The first-order valence-electron chi connectivity index (χ1n) is 19.2.